The summed E-state index contributed by atoms with van der Waals surface area (Å²) in [5.41, 5.74) is 1.48. The Labute approximate surface area is 322 Å². The van der Waals surface area contributed by atoms with E-state index < -0.39 is 66.7 Å². The molecule has 2 aromatic rings. The summed E-state index contributed by atoms with van der Waals surface area (Å²) in [6, 6.07) is 13.9. The quantitative estimate of drug-likeness (QED) is 0.130. The average molecular weight is 766 g/mol. The number of benzene rings is 2. The fraction of sp³-hybridized carbons (Fsp3) is 0.550. The van der Waals surface area contributed by atoms with E-state index >= 15 is 0 Å². The van der Waals surface area contributed by atoms with E-state index in [2.05, 4.69) is 15.5 Å². The van der Waals surface area contributed by atoms with Crippen LogP contribution in [-0.2, 0) is 55.9 Å². The summed E-state index contributed by atoms with van der Waals surface area (Å²) in [5.74, 6) is -3.19. The predicted molar refractivity (Wildman–Crippen MR) is 201 cm³/mol. The smallest absolute Gasteiger partial charge is 0.408 e. The summed E-state index contributed by atoms with van der Waals surface area (Å²) < 4.78 is 21.4. The highest BCUT2D eigenvalue weighted by Crippen LogP contribution is 2.24. The third kappa shape index (κ3) is 12.8. The van der Waals surface area contributed by atoms with Crippen LogP contribution in [0.2, 0.25) is 0 Å². The molecule has 15 nitrogen and oxygen atoms in total. The number of rotatable bonds is 18. The molecule has 0 bridgehead atoms. The summed E-state index contributed by atoms with van der Waals surface area (Å²) in [6.45, 7) is 7.17. The van der Waals surface area contributed by atoms with Crippen molar-refractivity contribution in [3.8, 4) is 0 Å². The standard InChI is InChI=1S/C40H55N5O10/c1-5-28(2)35(39(50)52-4)42-36(47)33-17-12-19-44(33)38(49)34(18-20-43-21-23-53-24-22-43)45(27-55-29(3)46)37(48)32(25-30-13-8-6-9-14-30)41-40(51)54-26-31-15-10-7-11-16-31/h6-11,13-16,28,32-35H,5,12,17-27H2,1-4H3,(H,41,51)(H,42,47)/t28-,32-,33-,34-,35-/m0/s1. The normalized spacial score (nSPS) is 17.9. The number of nitrogens with one attached hydrogen (secondary N) is 2. The molecule has 0 aliphatic carbocycles. The molecule has 0 aromatic heterocycles. The van der Waals surface area contributed by atoms with Crippen LogP contribution in [0.1, 0.15) is 57.6 Å². The molecule has 2 N–H and O–H groups in total. The number of hydrogen-bond acceptors (Lipinski definition) is 11. The molecule has 2 fully saturated rings. The number of morpholine rings is 1. The summed E-state index contributed by atoms with van der Waals surface area (Å²) in [4.78, 5) is 86.3. The number of carbonyl (C=O) groups is 6. The van der Waals surface area contributed by atoms with Gasteiger partial charge in [0.25, 0.3) is 0 Å². The highest BCUT2D eigenvalue weighted by molar-refractivity contribution is 5.95. The number of methoxy groups -OCH3 is 1. The van der Waals surface area contributed by atoms with Crippen LogP contribution >= 0.6 is 0 Å². The topological polar surface area (TPSA) is 173 Å². The van der Waals surface area contributed by atoms with Crippen molar-refractivity contribution < 1.29 is 47.7 Å². The molecule has 55 heavy (non-hydrogen) atoms. The molecule has 15 heteroatoms. The number of esters is 2. The van der Waals surface area contributed by atoms with Crippen molar-refractivity contribution in [2.24, 2.45) is 5.92 Å². The molecule has 4 amide bonds. The van der Waals surface area contributed by atoms with Crippen molar-refractivity contribution in [3.63, 3.8) is 0 Å². The van der Waals surface area contributed by atoms with Crippen LogP contribution < -0.4 is 10.6 Å². The molecule has 300 valence electrons. The molecule has 0 spiro atoms. The first-order chi connectivity index (χ1) is 26.5. The van der Waals surface area contributed by atoms with Gasteiger partial charge >= 0.3 is 18.0 Å². The summed E-state index contributed by atoms with van der Waals surface area (Å²) in [5, 5.41) is 5.51. The maximum absolute atomic E-state index is 14.8. The Balaban J connectivity index is 1.66. The monoisotopic (exact) mass is 765 g/mol. The number of amides is 4. The zero-order valence-electron chi connectivity index (χ0n) is 32.3. The molecule has 2 aliphatic rings. The van der Waals surface area contributed by atoms with E-state index in [4.69, 9.17) is 18.9 Å². The average Bonchev–Trinajstić information content (AvgIpc) is 3.70. The maximum atomic E-state index is 14.8. The first kappa shape index (κ1) is 42.7. The SMILES string of the molecule is CC[C@H](C)[C@H](NC(=O)[C@@H]1CCCN1C(=O)[C@H](CCN1CCOCC1)N(COC(C)=O)C(=O)[C@H](Cc1ccccc1)NC(=O)OCc1ccccc1)C(=O)OC. The maximum Gasteiger partial charge on any atom is 0.408 e. The highest BCUT2D eigenvalue weighted by Gasteiger charge is 2.43. The van der Waals surface area contributed by atoms with Crippen LogP contribution in [0.4, 0.5) is 4.79 Å². The van der Waals surface area contributed by atoms with Crippen molar-refractivity contribution in [2.45, 2.75) is 83.6 Å². The van der Waals surface area contributed by atoms with Crippen molar-refractivity contribution in [1.29, 1.82) is 0 Å². The first-order valence-electron chi connectivity index (χ1n) is 19.0. The second kappa shape index (κ2) is 21.8. The van der Waals surface area contributed by atoms with Crippen molar-refractivity contribution in [1.82, 2.24) is 25.3 Å². The van der Waals surface area contributed by atoms with Crippen LogP contribution in [0.25, 0.3) is 0 Å². The van der Waals surface area contributed by atoms with Gasteiger partial charge < -0.3 is 34.5 Å². The van der Waals surface area contributed by atoms with Gasteiger partial charge in [0.2, 0.25) is 17.7 Å². The molecule has 2 aromatic carbocycles. The van der Waals surface area contributed by atoms with Crippen LogP contribution in [0.3, 0.4) is 0 Å². The number of ether oxygens (including phenoxy) is 4. The lowest BCUT2D eigenvalue weighted by Crippen LogP contribution is -2.60. The molecule has 2 aliphatic heterocycles. The minimum absolute atomic E-state index is 0.0387. The molecular weight excluding hydrogens is 710 g/mol. The van der Waals surface area contributed by atoms with Crippen LogP contribution in [0, 0.1) is 5.92 Å². The van der Waals surface area contributed by atoms with E-state index in [1.54, 1.807) is 24.3 Å². The zero-order valence-corrected chi connectivity index (χ0v) is 32.3. The summed E-state index contributed by atoms with van der Waals surface area (Å²) in [6.07, 6.45) is 0.772. The second-order valence-electron chi connectivity index (χ2n) is 13.9. The Bertz CT molecular complexity index is 1570. The van der Waals surface area contributed by atoms with Gasteiger partial charge in [-0.3, -0.25) is 29.0 Å². The fourth-order valence-corrected chi connectivity index (χ4v) is 6.71. The molecular formula is C40H55N5O10. The van der Waals surface area contributed by atoms with E-state index in [1.165, 1.54) is 23.8 Å². The summed E-state index contributed by atoms with van der Waals surface area (Å²) >= 11 is 0. The van der Waals surface area contributed by atoms with Crippen LogP contribution in [-0.4, -0.2) is 128 Å². The molecule has 0 radical (unpaired) electrons. The van der Waals surface area contributed by atoms with Gasteiger partial charge in [0.1, 0.15) is 30.8 Å². The van der Waals surface area contributed by atoms with E-state index in [0.29, 0.717) is 52.1 Å². The molecule has 2 heterocycles. The Kier molecular flexibility index (Phi) is 16.9. The fourth-order valence-electron chi connectivity index (χ4n) is 6.71. The lowest BCUT2D eigenvalue weighted by molar-refractivity contribution is -0.161. The zero-order chi connectivity index (χ0) is 39.7. The van der Waals surface area contributed by atoms with Gasteiger partial charge in [-0.2, -0.15) is 0 Å². The number of nitrogens with zero attached hydrogens (tertiary/aromatic N) is 3. The third-order valence-electron chi connectivity index (χ3n) is 10.1. The lowest BCUT2D eigenvalue weighted by Gasteiger charge is -2.38. The number of hydrogen-bond donors (Lipinski definition) is 2. The van der Waals surface area contributed by atoms with Crippen molar-refractivity contribution in [2.75, 3.05) is 53.2 Å². The van der Waals surface area contributed by atoms with E-state index in [9.17, 15) is 28.8 Å². The number of carbonyl (C=O) groups excluding carboxylic acids is 6. The molecule has 2 saturated heterocycles. The highest BCUT2D eigenvalue weighted by atomic mass is 16.6. The van der Waals surface area contributed by atoms with Gasteiger partial charge in [0.15, 0.2) is 6.73 Å². The van der Waals surface area contributed by atoms with Gasteiger partial charge in [-0.1, -0.05) is 80.9 Å². The minimum Gasteiger partial charge on any atom is -0.467 e. The lowest BCUT2D eigenvalue weighted by atomic mass is 9.98. The Morgan fingerprint density at radius 1 is 0.909 bits per heavy atom. The number of likely N-dealkylation sites (tertiary alicyclic amines) is 1. The van der Waals surface area contributed by atoms with Gasteiger partial charge in [0.05, 0.1) is 20.3 Å². The van der Waals surface area contributed by atoms with Gasteiger partial charge in [-0.15, -0.1) is 0 Å². The first-order valence-corrected chi connectivity index (χ1v) is 19.0. The van der Waals surface area contributed by atoms with Crippen LogP contribution in [0.15, 0.2) is 60.7 Å². The minimum atomic E-state index is -1.23. The predicted octanol–water partition coefficient (Wildman–Crippen LogP) is 2.66. The Morgan fingerprint density at radius 2 is 1.56 bits per heavy atom. The van der Waals surface area contributed by atoms with E-state index in [-0.39, 0.29) is 31.9 Å². The largest absolute Gasteiger partial charge is 0.467 e. The van der Waals surface area contributed by atoms with Crippen LogP contribution in [0.5, 0.6) is 0 Å². The molecule has 4 rings (SSSR count). The molecule has 5 atom stereocenters. The number of alkyl carbamates (subject to hydrolysis) is 1. The van der Waals surface area contributed by atoms with E-state index in [1.807, 2.05) is 50.2 Å². The summed E-state index contributed by atoms with van der Waals surface area (Å²) in [7, 11) is 1.26. The van der Waals surface area contributed by atoms with Gasteiger partial charge in [0, 0.05) is 39.5 Å². The Morgan fingerprint density at radius 3 is 2.18 bits per heavy atom. The van der Waals surface area contributed by atoms with Gasteiger partial charge in [-0.25, -0.2) is 9.59 Å². The van der Waals surface area contributed by atoms with Gasteiger partial charge in [-0.05, 0) is 36.3 Å². The molecule has 0 unspecified atom stereocenters. The third-order valence-corrected chi connectivity index (χ3v) is 10.1. The Hall–Kier alpha value is -5.02. The van der Waals surface area contributed by atoms with Crippen molar-refractivity contribution >= 4 is 35.8 Å². The second-order valence-corrected chi connectivity index (χ2v) is 13.9. The van der Waals surface area contributed by atoms with Crippen molar-refractivity contribution in [3.05, 3.63) is 71.8 Å². The molecule has 0 saturated carbocycles. The van der Waals surface area contributed by atoms with E-state index in [0.717, 1.165) is 11.1 Å².